The van der Waals surface area contributed by atoms with Crippen LogP contribution in [0.15, 0.2) is 65.5 Å². The van der Waals surface area contributed by atoms with Gasteiger partial charge in [-0.3, -0.25) is 4.40 Å². The Hall–Kier alpha value is -3.06. The minimum absolute atomic E-state index is 0.556. The molecule has 1 aliphatic rings. The molecule has 4 aromatic rings. The van der Waals surface area contributed by atoms with Crippen molar-refractivity contribution < 1.29 is 9.47 Å². The molecule has 0 spiro atoms. The second-order valence-corrected chi connectivity index (χ2v) is 6.91. The van der Waals surface area contributed by atoms with Gasteiger partial charge in [0.1, 0.15) is 29.3 Å². The molecular formula is C20H15BrN4O2. The highest BCUT2D eigenvalue weighted by molar-refractivity contribution is 9.10. The van der Waals surface area contributed by atoms with Gasteiger partial charge in [-0.05, 0) is 28.1 Å². The predicted molar refractivity (Wildman–Crippen MR) is 107 cm³/mol. The fourth-order valence-electron chi connectivity index (χ4n) is 3.11. The minimum Gasteiger partial charge on any atom is -0.486 e. The molecule has 0 amide bonds. The van der Waals surface area contributed by atoms with E-state index >= 15 is 0 Å². The molecule has 0 bridgehead atoms. The molecule has 3 heterocycles. The number of fused-ring (bicyclic) bond motifs is 2. The van der Waals surface area contributed by atoms with Crippen molar-refractivity contribution in [2.24, 2.45) is 0 Å². The first-order valence-corrected chi connectivity index (χ1v) is 9.33. The lowest BCUT2D eigenvalue weighted by Gasteiger charge is -2.19. The zero-order valence-corrected chi connectivity index (χ0v) is 15.8. The van der Waals surface area contributed by atoms with E-state index in [9.17, 15) is 0 Å². The molecule has 6 nitrogen and oxygen atoms in total. The number of hydrogen-bond acceptors (Lipinski definition) is 5. The third kappa shape index (κ3) is 3.00. The molecular weight excluding hydrogens is 408 g/mol. The number of halogens is 1. The summed E-state index contributed by atoms with van der Waals surface area (Å²) in [6, 6.07) is 15.9. The van der Waals surface area contributed by atoms with E-state index in [1.807, 2.05) is 59.1 Å². The molecule has 1 aliphatic heterocycles. The van der Waals surface area contributed by atoms with Crippen LogP contribution in [-0.2, 0) is 0 Å². The summed E-state index contributed by atoms with van der Waals surface area (Å²) in [6.07, 6.45) is 3.64. The predicted octanol–water partition coefficient (Wildman–Crippen LogP) is 4.67. The summed E-state index contributed by atoms with van der Waals surface area (Å²) in [5.74, 6) is 2.36. The van der Waals surface area contributed by atoms with E-state index in [1.165, 1.54) is 0 Å². The molecule has 27 heavy (non-hydrogen) atoms. The summed E-state index contributed by atoms with van der Waals surface area (Å²) >= 11 is 3.44. The maximum atomic E-state index is 5.70. The third-order valence-electron chi connectivity index (χ3n) is 4.33. The summed E-state index contributed by atoms with van der Waals surface area (Å²) in [7, 11) is 0. The molecule has 7 heteroatoms. The molecule has 1 N–H and O–H groups in total. The zero-order chi connectivity index (χ0) is 18.2. The van der Waals surface area contributed by atoms with Gasteiger partial charge in [-0.2, -0.15) is 0 Å². The van der Waals surface area contributed by atoms with Gasteiger partial charge in [0, 0.05) is 23.5 Å². The van der Waals surface area contributed by atoms with Crippen molar-refractivity contribution in [1.82, 2.24) is 14.4 Å². The van der Waals surface area contributed by atoms with Crippen LogP contribution in [0.4, 0.5) is 11.5 Å². The van der Waals surface area contributed by atoms with E-state index in [1.54, 1.807) is 6.20 Å². The molecule has 5 rings (SSSR count). The van der Waals surface area contributed by atoms with Crippen LogP contribution in [0.25, 0.3) is 16.9 Å². The maximum Gasteiger partial charge on any atom is 0.163 e. The van der Waals surface area contributed by atoms with Crippen LogP contribution in [0.2, 0.25) is 0 Å². The first kappa shape index (κ1) is 16.1. The Morgan fingerprint density at radius 1 is 1.00 bits per heavy atom. The van der Waals surface area contributed by atoms with Gasteiger partial charge in [0.15, 0.2) is 17.1 Å². The lowest BCUT2D eigenvalue weighted by atomic mass is 10.1. The molecule has 0 saturated carbocycles. The number of benzene rings is 2. The Morgan fingerprint density at radius 3 is 2.67 bits per heavy atom. The number of nitrogens with one attached hydrogen (secondary N) is 1. The molecule has 2 aromatic heterocycles. The quantitative estimate of drug-likeness (QED) is 0.519. The van der Waals surface area contributed by atoms with Crippen molar-refractivity contribution in [2.45, 2.75) is 0 Å². The number of imidazole rings is 1. The Morgan fingerprint density at radius 2 is 1.81 bits per heavy atom. The lowest BCUT2D eigenvalue weighted by Crippen LogP contribution is -2.15. The van der Waals surface area contributed by atoms with Crippen molar-refractivity contribution in [1.29, 1.82) is 0 Å². The number of anilines is 2. The SMILES string of the molecule is Brc1cn2c(Nc3ccc4c(c3)OCCO4)c(-c3ccccc3)nc2cn1. The van der Waals surface area contributed by atoms with Crippen molar-refractivity contribution in [2.75, 3.05) is 18.5 Å². The Bertz CT molecular complexity index is 1130. The molecule has 0 aliphatic carbocycles. The second kappa shape index (κ2) is 6.59. The molecule has 0 radical (unpaired) electrons. The van der Waals surface area contributed by atoms with Crippen molar-refractivity contribution >= 4 is 33.1 Å². The van der Waals surface area contributed by atoms with Crippen molar-refractivity contribution in [3.8, 4) is 22.8 Å². The van der Waals surface area contributed by atoms with E-state index in [-0.39, 0.29) is 0 Å². The Labute approximate surface area is 163 Å². The fourth-order valence-corrected chi connectivity index (χ4v) is 3.41. The largest absolute Gasteiger partial charge is 0.486 e. The zero-order valence-electron chi connectivity index (χ0n) is 14.2. The van der Waals surface area contributed by atoms with Gasteiger partial charge in [0.05, 0.1) is 6.20 Å². The molecule has 0 atom stereocenters. The number of hydrogen-bond donors (Lipinski definition) is 1. The van der Waals surface area contributed by atoms with Gasteiger partial charge in [-0.15, -0.1) is 0 Å². The van der Waals surface area contributed by atoms with Gasteiger partial charge in [0.2, 0.25) is 0 Å². The van der Waals surface area contributed by atoms with Crippen molar-refractivity contribution in [3.05, 3.63) is 65.5 Å². The molecule has 0 unspecified atom stereocenters. The number of aromatic nitrogens is 3. The number of nitrogens with zero attached hydrogens (tertiary/aromatic N) is 3. The average molecular weight is 423 g/mol. The summed E-state index contributed by atoms with van der Waals surface area (Å²) in [5, 5.41) is 3.49. The van der Waals surface area contributed by atoms with Gasteiger partial charge in [0.25, 0.3) is 0 Å². The van der Waals surface area contributed by atoms with Crippen LogP contribution in [-0.4, -0.2) is 27.6 Å². The first-order chi connectivity index (χ1) is 13.3. The smallest absolute Gasteiger partial charge is 0.163 e. The molecule has 134 valence electrons. The third-order valence-corrected chi connectivity index (χ3v) is 4.74. The first-order valence-electron chi connectivity index (χ1n) is 8.54. The maximum absolute atomic E-state index is 5.70. The summed E-state index contributed by atoms with van der Waals surface area (Å²) in [4.78, 5) is 9.06. The standard InChI is InChI=1S/C20H15BrN4O2/c21-17-12-25-18(11-22-17)24-19(13-4-2-1-3-5-13)20(25)23-14-6-7-15-16(10-14)27-9-8-26-15/h1-7,10-12,23H,8-9H2. The molecule has 2 aromatic carbocycles. The Kier molecular flexibility index (Phi) is 3.94. The van der Waals surface area contributed by atoms with Gasteiger partial charge in [-0.1, -0.05) is 30.3 Å². The normalized spacial score (nSPS) is 12.9. The van der Waals surface area contributed by atoms with Crippen LogP contribution in [0.1, 0.15) is 0 Å². The van der Waals surface area contributed by atoms with Crippen molar-refractivity contribution in [3.63, 3.8) is 0 Å². The van der Waals surface area contributed by atoms with Crippen LogP contribution < -0.4 is 14.8 Å². The highest BCUT2D eigenvalue weighted by Crippen LogP contribution is 2.36. The van der Waals surface area contributed by atoms with Crippen LogP contribution in [0.3, 0.4) is 0 Å². The molecule has 0 fully saturated rings. The number of ether oxygens (including phenoxy) is 2. The fraction of sp³-hybridized carbons (Fsp3) is 0.100. The van der Waals surface area contributed by atoms with Crippen LogP contribution >= 0.6 is 15.9 Å². The van der Waals surface area contributed by atoms with E-state index in [4.69, 9.17) is 14.5 Å². The van der Waals surface area contributed by atoms with E-state index in [0.29, 0.717) is 13.2 Å². The van der Waals surface area contributed by atoms with E-state index < -0.39 is 0 Å². The van der Waals surface area contributed by atoms with Gasteiger partial charge >= 0.3 is 0 Å². The average Bonchev–Trinajstić information content (AvgIpc) is 3.06. The van der Waals surface area contributed by atoms with Gasteiger partial charge in [-0.25, -0.2) is 9.97 Å². The lowest BCUT2D eigenvalue weighted by molar-refractivity contribution is 0.171. The highest BCUT2D eigenvalue weighted by atomic mass is 79.9. The minimum atomic E-state index is 0.556. The summed E-state index contributed by atoms with van der Waals surface area (Å²) in [5.41, 5.74) is 3.53. The van der Waals surface area contributed by atoms with E-state index in [0.717, 1.165) is 44.5 Å². The van der Waals surface area contributed by atoms with E-state index in [2.05, 4.69) is 26.2 Å². The second-order valence-electron chi connectivity index (χ2n) is 6.10. The highest BCUT2D eigenvalue weighted by Gasteiger charge is 2.17. The topological polar surface area (TPSA) is 60.7 Å². The monoisotopic (exact) mass is 422 g/mol. The summed E-state index contributed by atoms with van der Waals surface area (Å²) < 4.78 is 14.0. The molecule has 0 saturated heterocycles. The summed E-state index contributed by atoms with van der Waals surface area (Å²) in [6.45, 7) is 1.13. The van der Waals surface area contributed by atoms with Gasteiger partial charge < -0.3 is 14.8 Å². The van der Waals surface area contributed by atoms with Crippen LogP contribution in [0, 0.1) is 0 Å². The number of rotatable bonds is 3. The Balaban J connectivity index is 1.64. The van der Waals surface area contributed by atoms with Crippen LogP contribution in [0.5, 0.6) is 11.5 Å².